The van der Waals surface area contributed by atoms with Crippen molar-refractivity contribution in [2.24, 2.45) is 0 Å². The Labute approximate surface area is 78.9 Å². The van der Waals surface area contributed by atoms with E-state index in [1.807, 2.05) is 25.3 Å². The van der Waals surface area contributed by atoms with Crippen molar-refractivity contribution in [3.05, 3.63) is 23.9 Å². The first-order valence-electron chi connectivity index (χ1n) is 4.94. The first kappa shape index (κ1) is 8.54. The van der Waals surface area contributed by atoms with E-state index in [2.05, 4.69) is 4.98 Å². The normalized spacial score (nSPS) is 17.6. The number of aryl methyl sites for hydroxylation is 1. The van der Waals surface area contributed by atoms with Crippen LogP contribution in [0.2, 0.25) is 0 Å². The van der Waals surface area contributed by atoms with Gasteiger partial charge in [-0.1, -0.05) is 6.07 Å². The van der Waals surface area contributed by atoms with E-state index in [1.165, 1.54) is 31.2 Å². The van der Waals surface area contributed by atoms with E-state index >= 15 is 0 Å². The molecule has 2 nitrogen and oxygen atoms in total. The molecule has 1 aliphatic rings. The van der Waals surface area contributed by atoms with Gasteiger partial charge >= 0.3 is 0 Å². The predicted octanol–water partition coefficient (Wildman–Crippen LogP) is 2.71. The van der Waals surface area contributed by atoms with Crippen LogP contribution in [-0.2, 0) is 0 Å². The molecule has 0 amide bonds. The number of nitrogens with zero attached hydrogens (tertiary/aromatic N) is 1. The lowest BCUT2D eigenvalue weighted by Crippen LogP contribution is -2.11. The second-order valence-corrected chi connectivity index (χ2v) is 3.70. The molecule has 0 bridgehead atoms. The lowest BCUT2D eigenvalue weighted by Gasteiger charge is -2.11. The maximum absolute atomic E-state index is 5.72. The molecule has 0 unspecified atom stereocenters. The van der Waals surface area contributed by atoms with E-state index in [-0.39, 0.29) is 0 Å². The number of hydrogen-bond acceptors (Lipinski definition) is 2. The third kappa shape index (κ3) is 2.20. The zero-order valence-electron chi connectivity index (χ0n) is 7.99. The summed E-state index contributed by atoms with van der Waals surface area (Å²) < 4.78 is 5.72. The van der Waals surface area contributed by atoms with Crippen LogP contribution in [0.1, 0.15) is 31.2 Å². The Bertz CT molecular complexity index is 262. The van der Waals surface area contributed by atoms with Crippen molar-refractivity contribution < 1.29 is 4.74 Å². The van der Waals surface area contributed by atoms with Crippen molar-refractivity contribution in [3.8, 4) is 5.88 Å². The number of hydrogen-bond donors (Lipinski definition) is 0. The first-order chi connectivity index (χ1) is 6.34. The van der Waals surface area contributed by atoms with Gasteiger partial charge in [0.2, 0.25) is 5.88 Å². The molecule has 1 aliphatic carbocycles. The Morgan fingerprint density at radius 2 is 2.08 bits per heavy atom. The SMILES string of the molecule is Cc1ccc(OC2CCCC2)nc1. The number of aromatic nitrogens is 1. The summed E-state index contributed by atoms with van der Waals surface area (Å²) in [4.78, 5) is 4.22. The fourth-order valence-corrected chi connectivity index (χ4v) is 1.70. The minimum absolute atomic E-state index is 0.412. The Morgan fingerprint density at radius 1 is 1.31 bits per heavy atom. The highest BCUT2D eigenvalue weighted by Crippen LogP contribution is 2.22. The van der Waals surface area contributed by atoms with Crippen molar-refractivity contribution in [1.82, 2.24) is 4.98 Å². The van der Waals surface area contributed by atoms with Crippen molar-refractivity contribution in [2.75, 3.05) is 0 Å². The summed E-state index contributed by atoms with van der Waals surface area (Å²) in [6.07, 6.45) is 7.25. The Morgan fingerprint density at radius 3 is 2.69 bits per heavy atom. The molecule has 70 valence electrons. The van der Waals surface area contributed by atoms with Crippen LogP contribution >= 0.6 is 0 Å². The predicted molar refractivity (Wildman–Crippen MR) is 51.9 cm³/mol. The molecule has 1 saturated carbocycles. The third-order valence-corrected chi connectivity index (χ3v) is 2.47. The van der Waals surface area contributed by atoms with Crippen LogP contribution in [0.25, 0.3) is 0 Å². The number of ether oxygens (including phenoxy) is 1. The average Bonchev–Trinajstić information content (AvgIpc) is 2.62. The lowest BCUT2D eigenvalue weighted by molar-refractivity contribution is 0.201. The Kier molecular flexibility index (Phi) is 2.48. The molecule has 1 fully saturated rings. The average molecular weight is 177 g/mol. The highest BCUT2D eigenvalue weighted by atomic mass is 16.5. The first-order valence-corrected chi connectivity index (χ1v) is 4.94. The number of rotatable bonds is 2. The standard InChI is InChI=1S/C11H15NO/c1-9-6-7-11(12-8-9)13-10-4-2-3-5-10/h6-8,10H,2-5H2,1H3. The molecule has 0 spiro atoms. The van der Waals surface area contributed by atoms with Crippen LogP contribution in [0, 0.1) is 6.92 Å². The minimum atomic E-state index is 0.412. The fourth-order valence-electron chi connectivity index (χ4n) is 1.70. The highest BCUT2D eigenvalue weighted by molar-refractivity contribution is 5.16. The monoisotopic (exact) mass is 177 g/mol. The van der Waals surface area contributed by atoms with Gasteiger partial charge in [0, 0.05) is 12.3 Å². The van der Waals surface area contributed by atoms with E-state index in [0.717, 1.165) is 5.88 Å². The van der Waals surface area contributed by atoms with Gasteiger partial charge in [-0.3, -0.25) is 0 Å². The van der Waals surface area contributed by atoms with Crippen LogP contribution in [0.15, 0.2) is 18.3 Å². The molecule has 0 aromatic carbocycles. The van der Waals surface area contributed by atoms with Crippen LogP contribution in [0.3, 0.4) is 0 Å². The minimum Gasteiger partial charge on any atom is -0.474 e. The van der Waals surface area contributed by atoms with Gasteiger partial charge in [0.25, 0.3) is 0 Å². The molecule has 2 rings (SSSR count). The van der Waals surface area contributed by atoms with Crippen LogP contribution in [0.4, 0.5) is 0 Å². The van der Waals surface area contributed by atoms with Gasteiger partial charge in [-0.2, -0.15) is 0 Å². The number of pyridine rings is 1. The van der Waals surface area contributed by atoms with E-state index in [9.17, 15) is 0 Å². The van der Waals surface area contributed by atoms with Gasteiger partial charge in [-0.25, -0.2) is 4.98 Å². The molecular weight excluding hydrogens is 162 g/mol. The van der Waals surface area contributed by atoms with Crippen molar-refractivity contribution in [1.29, 1.82) is 0 Å². The summed E-state index contributed by atoms with van der Waals surface area (Å²) in [7, 11) is 0. The molecule has 0 radical (unpaired) electrons. The van der Waals surface area contributed by atoms with E-state index in [0.29, 0.717) is 6.10 Å². The van der Waals surface area contributed by atoms with E-state index < -0.39 is 0 Å². The smallest absolute Gasteiger partial charge is 0.213 e. The van der Waals surface area contributed by atoms with E-state index in [4.69, 9.17) is 4.74 Å². The van der Waals surface area contributed by atoms with Gasteiger partial charge in [-0.15, -0.1) is 0 Å². The topological polar surface area (TPSA) is 22.1 Å². The summed E-state index contributed by atoms with van der Waals surface area (Å²) in [5.41, 5.74) is 1.18. The molecule has 0 aliphatic heterocycles. The molecule has 2 heteroatoms. The summed E-state index contributed by atoms with van der Waals surface area (Å²) in [6.45, 7) is 2.03. The second-order valence-electron chi connectivity index (χ2n) is 3.70. The molecule has 13 heavy (non-hydrogen) atoms. The summed E-state index contributed by atoms with van der Waals surface area (Å²) in [5, 5.41) is 0. The summed E-state index contributed by atoms with van der Waals surface area (Å²) in [6, 6.07) is 3.99. The molecule has 0 atom stereocenters. The maximum atomic E-state index is 5.72. The molecule has 1 aromatic heterocycles. The third-order valence-electron chi connectivity index (χ3n) is 2.47. The molecule has 1 heterocycles. The summed E-state index contributed by atoms with van der Waals surface area (Å²) >= 11 is 0. The molecule has 0 N–H and O–H groups in total. The van der Waals surface area contributed by atoms with Gasteiger partial charge in [0.15, 0.2) is 0 Å². The van der Waals surface area contributed by atoms with Crippen molar-refractivity contribution in [2.45, 2.75) is 38.7 Å². The van der Waals surface area contributed by atoms with Gasteiger partial charge < -0.3 is 4.74 Å². The Hall–Kier alpha value is -1.05. The van der Waals surface area contributed by atoms with Crippen LogP contribution < -0.4 is 4.74 Å². The summed E-state index contributed by atoms with van der Waals surface area (Å²) in [5.74, 6) is 0.775. The van der Waals surface area contributed by atoms with Gasteiger partial charge in [0.1, 0.15) is 6.10 Å². The Balaban J connectivity index is 1.97. The van der Waals surface area contributed by atoms with Crippen molar-refractivity contribution >= 4 is 0 Å². The van der Waals surface area contributed by atoms with Crippen molar-refractivity contribution in [3.63, 3.8) is 0 Å². The zero-order chi connectivity index (χ0) is 9.10. The fraction of sp³-hybridized carbons (Fsp3) is 0.545. The van der Waals surface area contributed by atoms with Crippen LogP contribution in [-0.4, -0.2) is 11.1 Å². The molecule has 0 saturated heterocycles. The van der Waals surface area contributed by atoms with Gasteiger partial charge in [-0.05, 0) is 38.2 Å². The molecule has 1 aromatic rings. The van der Waals surface area contributed by atoms with Crippen LogP contribution in [0.5, 0.6) is 5.88 Å². The quantitative estimate of drug-likeness (QED) is 0.693. The van der Waals surface area contributed by atoms with E-state index in [1.54, 1.807) is 0 Å². The molecular formula is C11H15NO. The van der Waals surface area contributed by atoms with Gasteiger partial charge in [0.05, 0.1) is 0 Å². The largest absolute Gasteiger partial charge is 0.474 e. The zero-order valence-corrected chi connectivity index (χ0v) is 7.99. The lowest BCUT2D eigenvalue weighted by atomic mass is 10.3. The maximum Gasteiger partial charge on any atom is 0.213 e. The second kappa shape index (κ2) is 3.77. The highest BCUT2D eigenvalue weighted by Gasteiger charge is 2.16.